The van der Waals surface area contributed by atoms with Crippen molar-refractivity contribution >= 4 is 0 Å². The molecule has 1 aromatic rings. The Morgan fingerprint density at radius 1 is 1.40 bits per heavy atom. The lowest BCUT2D eigenvalue weighted by molar-refractivity contribution is 0.838. The molecule has 10 heavy (non-hydrogen) atoms. The molecule has 0 atom stereocenters. The Morgan fingerprint density at radius 2 is 2.00 bits per heavy atom. The van der Waals surface area contributed by atoms with Crippen molar-refractivity contribution in [3.8, 4) is 0 Å². The van der Waals surface area contributed by atoms with Gasteiger partial charge in [-0.25, -0.2) is 0 Å². The molecule has 1 heterocycles. The van der Waals surface area contributed by atoms with E-state index < -0.39 is 0 Å². The zero-order chi connectivity index (χ0) is 7.98. The molecule has 1 aromatic heterocycles. The van der Waals surface area contributed by atoms with Gasteiger partial charge < -0.3 is 4.57 Å². The topological polar surface area (TPSA) is 4.93 Å². The molecule has 0 saturated heterocycles. The molecule has 1 rings (SSSR count). The van der Waals surface area contributed by atoms with Crippen molar-refractivity contribution in [2.24, 2.45) is 7.05 Å². The van der Waals surface area contributed by atoms with Gasteiger partial charge in [0, 0.05) is 18.9 Å². The van der Waals surface area contributed by atoms with E-state index in [0.29, 0.717) is 0 Å². The summed E-state index contributed by atoms with van der Waals surface area (Å²) in [6.45, 7) is 6.16. The SMILES string of the molecule is CC.CCc1cccn1C. The van der Waals surface area contributed by atoms with E-state index in [1.165, 1.54) is 5.69 Å². The molecular weight excluding hydrogens is 122 g/mol. The molecule has 0 aromatic carbocycles. The fourth-order valence-corrected chi connectivity index (χ4v) is 0.864. The third kappa shape index (κ3) is 2.26. The van der Waals surface area contributed by atoms with Crippen LogP contribution >= 0.6 is 0 Å². The summed E-state index contributed by atoms with van der Waals surface area (Å²) in [4.78, 5) is 0. The molecule has 0 aliphatic heterocycles. The average Bonchev–Trinajstić information content (AvgIpc) is 2.39. The zero-order valence-corrected chi connectivity index (χ0v) is 7.39. The molecule has 0 unspecified atom stereocenters. The minimum atomic E-state index is 1.13. The monoisotopic (exact) mass is 139 g/mol. The maximum Gasteiger partial charge on any atom is 0.0169 e. The second-order valence-electron chi connectivity index (χ2n) is 1.96. The van der Waals surface area contributed by atoms with Crippen molar-refractivity contribution in [1.82, 2.24) is 4.57 Å². The van der Waals surface area contributed by atoms with Crippen LogP contribution in [0.15, 0.2) is 18.3 Å². The van der Waals surface area contributed by atoms with Crippen LogP contribution in [0.25, 0.3) is 0 Å². The fourth-order valence-electron chi connectivity index (χ4n) is 0.864. The van der Waals surface area contributed by atoms with Gasteiger partial charge in [0.05, 0.1) is 0 Å². The van der Waals surface area contributed by atoms with Gasteiger partial charge in [0.2, 0.25) is 0 Å². The predicted molar refractivity (Wildman–Crippen MR) is 46.1 cm³/mol. The zero-order valence-electron chi connectivity index (χ0n) is 7.39. The quantitative estimate of drug-likeness (QED) is 0.563. The molecule has 0 saturated carbocycles. The first-order valence-corrected chi connectivity index (χ1v) is 3.95. The number of aryl methyl sites for hydroxylation is 2. The van der Waals surface area contributed by atoms with Crippen LogP contribution in [0.5, 0.6) is 0 Å². The number of hydrogen-bond acceptors (Lipinski definition) is 0. The van der Waals surface area contributed by atoms with Gasteiger partial charge in [0.25, 0.3) is 0 Å². The Balaban J connectivity index is 0.000000371. The Morgan fingerprint density at radius 3 is 2.20 bits per heavy atom. The van der Waals surface area contributed by atoms with E-state index in [4.69, 9.17) is 0 Å². The highest BCUT2D eigenvalue weighted by Gasteiger charge is 1.88. The maximum absolute atomic E-state index is 2.16. The molecule has 0 fully saturated rings. The van der Waals surface area contributed by atoms with Crippen molar-refractivity contribution in [3.05, 3.63) is 24.0 Å². The summed E-state index contributed by atoms with van der Waals surface area (Å²) in [5, 5.41) is 0. The lowest BCUT2D eigenvalue weighted by Gasteiger charge is -1.95. The van der Waals surface area contributed by atoms with Gasteiger partial charge in [0.15, 0.2) is 0 Å². The van der Waals surface area contributed by atoms with E-state index in [1.807, 2.05) is 13.8 Å². The Hall–Kier alpha value is -0.720. The van der Waals surface area contributed by atoms with E-state index in [2.05, 4.69) is 36.9 Å². The second kappa shape index (κ2) is 5.10. The van der Waals surface area contributed by atoms with E-state index in [9.17, 15) is 0 Å². The van der Waals surface area contributed by atoms with Gasteiger partial charge in [-0.1, -0.05) is 20.8 Å². The number of aromatic nitrogens is 1. The summed E-state index contributed by atoms with van der Waals surface area (Å²) in [5.41, 5.74) is 1.39. The van der Waals surface area contributed by atoms with Crippen LogP contribution in [-0.4, -0.2) is 4.57 Å². The van der Waals surface area contributed by atoms with E-state index in [-0.39, 0.29) is 0 Å². The molecule has 1 nitrogen and oxygen atoms in total. The Kier molecular flexibility index (Phi) is 4.73. The maximum atomic E-state index is 2.16. The Bertz CT molecular complexity index is 165. The summed E-state index contributed by atoms with van der Waals surface area (Å²) >= 11 is 0. The van der Waals surface area contributed by atoms with E-state index >= 15 is 0 Å². The lowest BCUT2D eigenvalue weighted by Crippen LogP contribution is -1.90. The number of hydrogen-bond donors (Lipinski definition) is 0. The van der Waals surface area contributed by atoms with Gasteiger partial charge in [0.1, 0.15) is 0 Å². The third-order valence-corrected chi connectivity index (χ3v) is 1.41. The molecule has 0 aliphatic carbocycles. The predicted octanol–water partition coefficient (Wildman–Crippen LogP) is 2.61. The van der Waals surface area contributed by atoms with Crippen molar-refractivity contribution in [3.63, 3.8) is 0 Å². The Labute approximate surface area is 63.7 Å². The first-order valence-electron chi connectivity index (χ1n) is 3.95. The van der Waals surface area contributed by atoms with Crippen LogP contribution in [0.3, 0.4) is 0 Å². The molecular formula is C9H17N. The molecule has 0 amide bonds. The number of nitrogens with zero attached hydrogens (tertiary/aromatic N) is 1. The standard InChI is InChI=1S/C7H11N.C2H6/c1-3-7-5-4-6-8(7)2;1-2/h4-6H,3H2,1-2H3;1-2H3. The van der Waals surface area contributed by atoms with Crippen molar-refractivity contribution in [1.29, 1.82) is 0 Å². The van der Waals surface area contributed by atoms with Gasteiger partial charge in [-0.15, -0.1) is 0 Å². The normalized spacial score (nSPS) is 8.40. The molecule has 1 heteroatoms. The molecule has 0 aliphatic rings. The van der Waals surface area contributed by atoms with Crippen molar-refractivity contribution in [2.45, 2.75) is 27.2 Å². The fraction of sp³-hybridized carbons (Fsp3) is 0.556. The smallest absolute Gasteiger partial charge is 0.0169 e. The van der Waals surface area contributed by atoms with Crippen molar-refractivity contribution < 1.29 is 0 Å². The van der Waals surface area contributed by atoms with Crippen LogP contribution in [0.4, 0.5) is 0 Å². The van der Waals surface area contributed by atoms with Gasteiger partial charge in [-0.2, -0.15) is 0 Å². The van der Waals surface area contributed by atoms with Crippen LogP contribution in [0.1, 0.15) is 26.5 Å². The van der Waals surface area contributed by atoms with Crippen LogP contribution in [0, 0.1) is 0 Å². The summed E-state index contributed by atoms with van der Waals surface area (Å²) in [5.74, 6) is 0. The molecule has 0 N–H and O–H groups in total. The second-order valence-corrected chi connectivity index (χ2v) is 1.96. The molecule has 0 spiro atoms. The van der Waals surface area contributed by atoms with Crippen molar-refractivity contribution in [2.75, 3.05) is 0 Å². The number of rotatable bonds is 1. The summed E-state index contributed by atoms with van der Waals surface area (Å²) < 4.78 is 2.14. The molecule has 0 bridgehead atoms. The third-order valence-electron chi connectivity index (χ3n) is 1.41. The van der Waals surface area contributed by atoms with Gasteiger partial charge in [-0.3, -0.25) is 0 Å². The highest BCUT2D eigenvalue weighted by atomic mass is 14.9. The summed E-state index contributed by atoms with van der Waals surface area (Å²) in [6.07, 6.45) is 3.20. The highest BCUT2D eigenvalue weighted by Crippen LogP contribution is 1.98. The minimum absolute atomic E-state index is 1.13. The highest BCUT2D eigenvalue weighted by molar-refractivity contribution is 5.05. The summed E-state index contributed by atoms with van der Waals surface area (Å²) in [6, 6.07) is 4.21. The van der Waals surface area contributed by atoms with E-state index in [1.54, 1.807) is 0 Å². The lowest BCUT2D eigenvalue weighted by atomic mass is 10.3. The minimum Gasteiger partial charge on any atom is -0.354 e. The first-order chi connectivity index (χ1) is 4.84. The summed E-state index contributed by atoms with van der Waals surface area (Å²) in [7, 11) is 2.07. The van der Waals surface area contributed by atoms with Gasteiger partial charge >= 0.3 is 0 Å². The molecule has 0 radical (unpaired) electrons. The first kappa shape index (κ1) is 9.28. The largest absolute Gasteiger partial charge is 0.354 e. The van der Waals surface area contributed by atoms with Gasteiger partial charge in [-0.05, 0) is 18.6 Å². The van der Waals surface area contributed by atoms with Crippen LogP contribution < -0.4 is 0 Å². The average molecular weight is 139 g/mol. The van der Waals surface area contributed by atoms with E-state index in [0.717, 1.165) is 6.42 Å². The van der Waals surface area contributed by atoms with Crippen LogP contribution in [-0.2, 0) is 13.5 Å². The van der Waals surface area contributed by atoms with Crippen LogP contribution in [0.2, 0.25) is 0 Å². The molecule has 58 valence electrons.